The fourth-order valence-electron chi connectivity index (χ4n) is 2.38. The van der Waals surface area contributed by atoms with E-state index in [9.17, 15) is 4.79 Å². The third-order valence-corrected chi connectivity index (χ3v) is 3.56. The Morgan fingerprint density at radius 1 is 1.35 bits per heavy atom. The van der Waals surface area contributed by atoms with Gasteiger partial charge in [-0.15, -0.1) is 0 Å². The average molecular weight is 231 g/mol. The number of hydrogen-bond acceptors (Lipinski definition) is 2. The second kappa shape index (κ2) is 5.01. The lowest BCUT2D eigenvalue weighted by molar-refractivity contribution is -0.112. The molecular formula is C15H21NO. The third-order valence-electron chi connectivity index (χ3n) is 3.56. The van der Waals surface area contributed by atoms with Crippen molar-refractivity contribution < 1.29 is 4.79 Å². The van der Waals surface area contributed by atoms with Gasteiger partial charge in [0, 0.05) is 13.1 Å². The number of aldehydes is 1. The average Bonchev–Trinajstić information content (AvgIpc) is 3.13. The van der Waals surface area contributed by atoms with Crippen LogP contribution >= 0.6 is 0 Å². The lowest BCUT2D eigenvalue weighted by atomic mass is 9.83. The molecule has 0 aromatic heterocycles. The fraction of sp³-hybridized carbons (Fsp3) is 0.533. The molecule has 92 valence electrons. The molecule has 1 aromatic rings. The minimum absolute atomic E-state index is 0.384. The molecule has 0 heterocycles. The Hall–Kier alpha value is -1.15. The summed E-state index contributed by atoms with van der Waals surface area (Å²) in [5.41, 5.74) is 0.725. The Morgan fingerprint density at radius 3 is 2.53 bits per heavy atom. The molecule has 17 heavy (non-hydrogen) atoms. The maximum absolute atomic E-state index is 11.4. The van der Waals surface area contributed by atoms with E-state index in [1.165, 1.54) is 12.8 Å². The van der Waals surface area contributed by atoms with E-state index in [1.54, 1.807) is 0 Å². The van der Waals surface area contributed by atoms with Gasteiger partial charge in [-0.2, -0.15) is 0 Å². The van der Waals surface area contributed by atoms with E-state index in [4.69, 9.17) is 0 Å². The molecule has 1 aromatic carbocycles. The first-order chi connectivity index (χ1) is 8.14. The Balaban J connectivity index is 2.05. The SMILES string of the molecule is CN(CC1CC1)CC(C)(C=O)c1ccccc1. The van der Waals surface area contributed by atoms with Crippen LogP contribution < -0.4 is 0 Å². The summed E-state index contributed by atoms with van der Waals surface area (Å²) in [5, 5.41) is 0. The van der Waals surface area contributed by atoms with Crippen molar-refractivity contribution in [2.24, 2.45) is 5.92 Å². The molecule has 0 bridgehead atoms. The van der Waals surface area contributed by atoms with Crippen molar-refractivity contribution >= 4 is 6.29 Å². The zero-order valence-electron chi connectivity index (χ0n) is 10.7. The molecule has 0 radical (unpaired) electrons. The Bertz CT molecular complexity index is 372. The standard InChI is InChI=1S/C15H21NO/c1-15(12-17,14-6-4-3-5-7-14)11-16(2)10-13-8-9-13/h3-7,12-13H,8-11H2,1-2H3. The minimum atomic E-state index is -0.384. The zero-order valence-corrected chi connectivity index (χ0v) is 10.7. The highest BCUT2D eigenvalue weighted by Crippen LogP contribution is 2.30. The maximum Gasteiger partial charge on any atom is 0.131 e. The Labute approximate surface area is 104 Å². The molecule has 0 saturated heterocycles. The molecule has 2 nitrogen and oxygen atoms in total. The minimum Gasteiger partial charge on any atom is -0.305 e. The number of hydrogen-bond donors (Lipinski definition) is 0. The van der Waals surface area contributed by atoms with Crippen molar-refractivity contribution in [3.63, 3.8) is 0 Å². The number of carbonyl (C=O) groups is 1. The maximum atomic E-state index is 11.4. The summed E-state index contributed by atoms with van der Waals surface area (Å²) in [7, 11) is 2.11. The van der Waals surface area contributed by atoms with Crippen molar-refractivity contribution in [3.05, 3.63) is 35.9 Å². The predicted octanol–water partition coefficient (Wildman–Crippen LogP) is 2.49. The van der Waals surface area contributed by atoms with Crippen molar-refractivity contribution in [1.82, 2.24) is 4.90 Å². The first-order valence-corrected chi connectivity index (χ1v) is 6.34. The van der Waals surface area contributed by atoms with Crippen LogP contribution in [-0.2, 0) is 10.2 Å². The number of likely N-dealkylation sites (N-methyl/N-ethyl adjacent to an activating group) is 1. The van der Waals surface area contributed by atoms with Gasteiger partial charge in [0.05, 0.1) is 5.41 Å². The number of benzene rings is 1. The first kappa shape index (κ1) is 12.3. The second-order valence-corrected chi connectivity index (χ2v) is 5.54. The van der Waals surface area contributed by atoms with Crippen molar-refractivity contribution in [2.45, 2.75) is 25.2 Å². The van der Waals surface area contributed by atoms with Gasteiger partial charge in [0.1, 0.15) is 6.29 Å². The summed E-state index contributed by atoms with van der Waals surface area (Å²) >= 11 is 0. The molecule has 1 atom stereocenters. The topological polar surface area (TPSA) is 20.3 Å². The van der Waals surface area contributed by atoms with Crippen LogP contribution in [0, 0.1) is 5.92 Å². The third kappa shape index (κ3) is 3.16. The molecule has 1 fully saturated rings. The quantitative estimate of drug-likeness (QED) is 0.701. The number of carbonyl (C=O) groups excluding carboxylic acids is 1. The van der Waals surface area contributed by atoms with Gasteiger partial charge >= 0.3 is 0 Å². The molecule has 1 aliphatic rings. The molecule has 0 N–H and O–H groups in total. The molecule has 1 unspecified atom stereocenters. The smallest absolute Gasteiger partial charge is 0.131 e. The van der Waals surface area contributed by atoms with E-state index in [0.29, 0.717) is 0 Å². The monoisotopic (exact) mass is 231 g/mol. The van der Waals surface area contributed by atoms with Gasteiger partial charge in [0.2, 0.25) is 0 Å². The largest absolute Gasteiger partial charge is 0.305 e. The van der Waals surface area contributed by atoms with Crippen LogP contribution in [0.25, 0.3) is 0 Å². The van der Waals surface area contributed by atoms with Crippen LogP contribution in [0.4, 0.5) is 0 Å². The summed E-state index contributed by atoms with van der Waals surface area (Å²) in [5.74, 6) is 0.867. The first-order valence-electron chi connectivity index (χ1n) is 6.34. The highest BCUT2D eigenvalue weighted by Gasteiger charge is 2.30. The van der Waals surface area contributed by atoms with Crippen molar-refractivity contribution in [3.8, 4) is 0 Å². The van der Waals surface area contributed by atoms with E-state index >= 15 is 0 Å². The fourth-order valence-corrected chi connectivity index (χ4v) is 2.38. The van der Waals surface area contributed by atoms with Gasteiger partial charge in [-0.1, -0.05) is 30.3 Å². The highest BCUT2D eigenvalue weighted by molar-refractivity contribution is 5.68. The van der Waals surface area contributed by atoms with Crippen LogP contribution in [0.3, 0.4) is 0 Å². The molecule has 2 rings (SSSR count). The van der Waals surface area contributed by atoms with E-state index in [-0.39, 0.29) is 5.41 Å². The molecule has 1 aliphatic carbocycles. The predicted molar refractivity (Wildman–Crippen MR) is 70.1 cm³/mol. The summed E-state index contributed by atoms with van der Waals surface area (Å²) < 4.78 is 0. The molecule has 0 amide bonds. The number of nitrogens with zero attached hydrogens (tertiary/aromatic N) is 1. The molecule has 0 aliphatic heterocycles. The van der Waals surface area contributed by atoms with E-state index in [2.05, 4.69) is 11.9 Å². The van der Waals surface area contributed by atoms with E-state index in [0.717, 1.165) is 30.9 Å². The molecule has 1 saturated carbocycles. The molecular weight excluding hydrogens is 210 g/mol. The molecule has 2 heteroatoms. The van der Waals surface area contributed by atoms with Gasteiger partial charge < -0.3 is 9.69 Å². The van der Waals surface area contributed by atoms with Gasteiger partial charge in [-0.25, -0.2) is 0 Å². The highest BCUT2D eigenvalue weighted by atomic mass is 16.1. The van der Waals surface area contributed by atoms with Crippen LogP contribution in [0.1, 0.15) is 25.3 Å². The zero-order chi connectivity index (χ0) is 12.3. The van der Waals surface area contributed by atoms with Crippen molar-refractivity contribution in [1.29, 1.82) is 0 Å². The van der Waals surface area contributed by atoms with Crippen LogP contribution in [0.15, 0.2) is 30.3 Å². The summed E-state index contributed by atoms with van der Waals surface area (Å²) in [6, 6.07) is 10.1. The number of rotatable bonds is 6. The van der Waals surface area contributed by atoms with Crippen LogP contribution in [-0.4, -0.2) is 31.3 Å². The van der Waals surface area contributed by atoms with E-state index < -0.39 is 0 Å². The van der Waals surface area contributed by atoms with Crippen LogP contribution in [0.5, 0.6) is 0 Å². The summed E-state index contributed by atoms with van der Waals surface area (Å²) in [4.78, 5) is 13.7. The van der Waals surface area contributed by atoms with Gasteiger partial charge in [-0.05, 0) is 38.3 Å². The Kier molecular flexibility index (Phi) is 3.63. The Morgan fingerprint density at radius 2 is 2.00 bits per heavy atom. The summed E-state index contributed by atoms with van der Waals surface area (Å²) in [6.45, 7) is 3.95. The van der Waals surface area contributed by atoms with Crippen LogP contribution in [0.2, 0.25) is 0 Å². The molecule has 0 spiro atoms. The van der Waals surface area contributed by atoms with Gasteiger partial charge in [0.15, 0.2) is 0 Å². The summed E-state index contributed by atoms with van der Waals surface area (Å²) in [6.07, 6.45) is 3.80. The van der Waals surface area contributed by atoms with Gasteiger partial charge in [0.25, 0.3) is 0 Å². The normalized spacial score (nSPS) is 19.0. The lowest BCUT2D eigenvalue weighted by Gasteiger charge is -2.29. The van der Waals surface area contributed by atoms with Crippen molar-refractivity contribution in [2.75, 3.05) is 20.1 Å². The second-order valence-electron chi connectivity index (χ2n) is 5.54. The lowest BCUT2D eigenvalue weighted by Crippen LogP contribution is -2.39. The van der Waals surface area contributed by atoms with E-state index in [1.807, 2.05) is 37.3 Å². The van der Waals surface area contributed by atoms with Gasteiger partial charge in [-0.3, -0.25) is 0 Å².